The van der Waals surface area contributed by atoms with E-state index in [-0.39, 0.29) is 16.7 Å². The van der Waals surface area contributed by atoms with Crippen LogP contribution in [0.2, 0.25) is 0 Å². The molecule has 3 rings (SSSR count). The van der Waals surface area contributed by atoms with Gasteiger partial charge in [-0.25, -0.2) is 9.78 Å². The first-order valence-corrected chi connectivity index (χ1v) is 9.15. The highest BCUT2D eigenvalue weighted by Gasteiger charge is 2.38. The van der Waals surface area contributed by atoms with Crippen molar-refractivity contribution in [1.82, 2.24) is 4.98 Å². The first kappa shape index (κ1) is 19.0. The Balaban J connectivity index is 2.04. The lowest BCUT2D eigenvalue weighted by Crippen LogP contribution is -2.41. The molecule has 4 heteroatoms. The van der Waals surface area contributed by atoms with Crippen LogP contribution in [0.15, 0.2) is 30.3 Å². The van der Waals surface area contributed by atoms with Gasteiger partial charge in [0.1, 0.15) is 17.0 Å². The Bertz CT molecular complexity index is 935. The third-order valence-corrected chi connectivity index (χ3v) is 4.79. The van der Waals surface area contributed by atoms with Crippen molar-refractivity contribution in [2.24, 2.45) is 0 Å². The topological polar surface area (TPSA) is 48.4 Å². The molecule has 4 nitrogen and oxygen atoms in total. The molecule has 0 amide bonds. The maximum absolute atomic E-state index is 12.0. The van der Waals surface area contributed by atoms with Gasteiger partial charge in [0.2, 0.25) is 0 Å². The molecule has 0 saturated carbocycles. The van der Waals surface area contributed by atoms with Gasteiger partial charge < -0.3 is 9.47 Å². The molecule has 0 fully saturated rings. The van der Waals surface area contributed by atoms with Crippen molar-refractivity contribution >= 4 is 5.97 Å². The van der Waals surface area contributed by atoms with E-state index in [1.165, 1.54) is 5.56 Å². The van der Waals surface area contributed by atoms with E-state index in [1.54, 1.807) is 19.1 Å². The minimum absolute atomic E-state index is 0.0286. The van der Waals surface area contributed by atoms with Crippen LogP contribution in [-0.4, -0.2) is 23.2 Å². The van der Waals surface area contributed by atoms with Gasteiger partial charge in [-0.05, 0) is 62.3 Å². The number of pyridine rings is 1. The van der Waals surface area contributed by atoms with Crippen molar-refractivity contribution in [3.05, 3.63) is 47.2 Å². The highest BCUT2D eigenvalue weighted by atomic mass is 16.5. The fraction of sp³-hybridized carbons (Fsp3) is 0.391. The molecule has 2 aromatic rings. The normalized spacial score (nSPS) is 16.6. The van der Waals surface area contributed by atoms with E-state index >= 15 is 0 Å². The number of benzene rings is 1. The van der Waals surface area contributed by atoms with Gasteiger partial charge in [-0.1, -0.05) is 26.0 Å². The monoisotopic (exact) mass is 363 g/mol. The summed E-state index contributed by atoms with van der Waals surface area (Å²) in [7, 11) is 0. The molecule has 0 spiro atoms. The second kappa shape index (κ2) is 6.74. The molecule has 140 valence electrons. The molecule has 1 aliphatic rings. The van der Waals surface area contributed by atoms with E-state index in [9.17, 15) is 4.79 Å². The molecule has 0 atom stereocenters. The molecule has 1 aromatic heterocycles. The number of esters is 1. The van der Waals surface area contributed by atoms with E-state index < -0.39 is 5.97 Å². The molecule has 0 aliphatic carbocycles. The van der Waals surface area contributed by atoms with Crippen LogP contribution in [0.1, 0.15) is 62.7 Å². The van der Waals surface area contributed by atoms with E-state index in [0.29, 0.717) is 17.9 Å². The van der Waals surface area contributed by atoms with E-state index in [0.717, 1.165) is 17.7 Å². The van der Waals surface area contributed by atoms with Crippen molar-refractivity contribution in [2.45, 2.75) is 52.1 Å². The molecule has 1 aliphatic heterocycles. The standard InChI is InChI=1S/C23H25NO3/c1-7-18-16(21(25)26-8-2)10-12-19(24-18)15-9-11-17-20(13-15)27-23(5,6)14-22(17,3)4/h1,9-13H,8,14H2,2-6H3. The molecule has 27 heavy (non-hydrogen) atoms. The number of rotatable bonds is 3. The van der Waals surface area contributed by atoms with Crippen LogP contribution in [0.3, 0.4) is 0 Å². The molecule has 1 aromatic carbocycles. The van der Waals surface area contributed by atoms with Gasteiger partial charge in [-0.15, -0.1) is 6.42 Å². The molecule has 0 radical (unpaired) electrons. The third kappa shape index (κ3) is 3.68. The lowest BCUT2D eigenvalue weighted by Gasteiger charge is -2.42. The molecule has 0 bridgehead atoms. The van der Waals surface area contributed by atoms with Crippen LogP contribution in [0.5, 0.6) is 5.75 Å². The quantitative estimate of drug-likeness (QED) is 0.583. The number of terminal acetylenes is 1. The number of ether oxygens (including phenoxy) is 2. The number of aromatic nitrogens is 1. The second-order valence-corrected chi connectivity index (χ2v) is 8.09. The first-order valence-electron chi connectivity index (χ1n) is 9.15. The van der Waals surface area contributed by atoms with Crippen molar-refractivity contribution in [1.29, 1.82) is 0 Å². The van der Waals surface area contributed by atoms with Crippen LogP contribution >= 0.6 is 0 Å². The summed E-state index contributed by atoms with van der Waals surface area (Å²) in [6.45, 7) is 10.7. The minimum Gasteiger partial charge on any atom is -0.488 e. The third-order valence-electron chi connectivity index (χ3n) is 4.79. The van der Waals surface area contributed by atoms with E-state index in [1.807, 2.05) is 12.1 Å². The summed E-state index contributed by atoms with van der Waals surface area (Å²) in [5.74, 6) is 2.90. The molecule has 2 heterocycles. The maximum atomic E-state index is 12.0. The molecular formula is C23H25NO3. The first-order chi connectivity index (χ1) is 12.7. The Morgan fingerprint density at radius 3 is 2.67 bits per heavy atom. The Morgan fingerprint density at radius 1 is 1.26 bits per heavy atom. The molecule has 0 saturated heterocycles. The average molecular weight is 363 g/mol. The highest BCUT2D eigenvalue weighted by molar-refractivity contribution is 5.92. The van der Waals surface area contributed by atoms with Gasteiger partial charge in [0.05, 0.1) is 17.9 Å². The van der Waals surface area contributed by atoms with Crippen molar-refractivity contribution < 1.29 is 14.3 Å². The smallest absolute Gasteiger partial charge is 0.341 e. The number of fused-ring (bicyclic) bond motifs is 1. The van der Waals surface area contributed by atoms with Crippen LogP contribution in [-0.2, 0) is 10.2 Å². The number of hydrogen-bond donors (Lipinski definition) is 0. The van der Waals surface area contributed by atoms with Gasteiger partial charge in [0.25, 0.3) is 0 Å². The maximum Gasteiger partial charge on any atom is 0.341 e. The van der Waals surface area contributed by atoms with Crippen molar-refractivity contribution in [3.63, 3.8) is 0 Å². The van der Waals surface area contributed by atoms with Crippen LogP contribution in [0.4, 0.5) is 0 Å². The lowest BCUT2D eigenvalue weighted by molar-refractivity contribution is 0.0521. The van der Waals surface area contributed by atoms with Gasteiger partial charge in [0, 0.05) is 5.56 Å². The van der Waals surface area contributed by atoms with E-state index in [4.69, 9.17) is 15.9 Å². The molecule has 0 unspecified atom stereocenters. The Kier molecular flexibility index (Phi) is 4.73. The van der Waals surface area contributed by atoms with Gasteiger partial charge in [-0.2, -0.15) is 0 Å². The Labute approximate surface area is 160 Å². The molecule has 0 N–H and O–H groups in total. The fourth-order valence-corrected chi connectivity index (χ4v) is 3.92. The number of hydrogen-bond acceptors (Lipinski definition) is 4. The van der Waals surface area contributed by atoms with Crippen LogP contribution in [0.25, 0.3) is 11.3 Å². The van der Waals surface area contributed by atoms with Gasteiger partial charge in [-0.3, -0.25) is 0 Å². The highest BCUT2D eigenvalue weighted by Crippen LogP contribution is 2.45. The summed E-state index contributed by atoms with van der Waals surface area (Å²) < 4.78 is 11.3. The summed E-state index contributed by atoms with van der Waals surface area (Å²) in [6, 6.07) is 9.58. The SMILES string of the molecule is C#Cc1nc(-c2ccc3c(c2)OC(C)(C)CC3(C)C)ccc1C(=O)OCC. The molecular weight excluding hydrogens is 338 g/mol. The lowest BCUT2D eigenvalue weighted by atomic mass is 9.73. The summed E-state index contributed by atoms with van der Waals surface area (Å²) in [4.78, 5) is 16.5. The fourth-order valence-electron chi connectivity index (χ4n) is 3.92. The van der Waals surface area contributed by atoms with E-state index in [2.05, 4.69) is 44.7 Å². The predicted molar refractivity (Wildman–Crippen MR) is 106 cm³/mol. The number of carbonyl (C=O) groups is 1. The number of carbonyl (C=O) groups excluding carboxylic acids is 1. The largest absolute Gasteiger partial charge is 0.488 e. The summed E-state index contributed by atoms with van der Waals surface area (Å²) in [5.41, 5.74) is 3.16. The summed E-state index contributed by atoms with van der Waals surface area (Å²) in [6.07, 6.45) is 6.51. The Morgan fingerprint density at radius 2 is 2.00 bits per heavy atom. The summed E-state index contributed by atoms with van der Waals surface area (Å²) >= 11 is 0. The van der Waals surface area contributed by atoms with Gasteiger partial charge in [0.15, 0.2) is 0 Å². The zero-order valence-corrected chi connectivity index (χ0v) is 16.6. The van der Waals surface area contributed by atoms with Crippen molar-refractivity contribution in [3.8, 4) is 29.4 Å². The zero-order chi connectivity index (χ0) is 19.8. The minimum atomic E-state index is -0.457. The summed E-state index contributed by atoms with van der Waals surface area (Å²) in [5, 5.41) is 0. The van der Waals surface area contributed by atoms with Crippen LogP contribution < -0.4 is 4.74 Å². The predicted octanol–water partition coefficient (Wildman–Crippen LogP) is 4.75. The average Bonchev–Trinajstić information content (AvgIpc) is 2.59. The number of nitrogens with zero attached hydrogens (tertiary/aromatic N) is 1. The van der Waals surface area contributed by atoms with Crippen molar-refractivity contribution in [2.75, 3.05) is 6.61 Å². The van der Waals surface area contributed by atoms with Crippen LogP contribution in [0, 0.1) is 12.3 Å². The second-order valence-electron chi connectivity index (χ2n) is 8.09. The van der Waals surface area contributed by atoms with Gasteiger partial charge >= 0.3 is 5.97 Å². The zero-order valence-electron chi connectivity index (χ0n) is 16.6. The Hall–Kier alpha value is -2.80.